The molecular formula is C22H27N3O4S. The van der Waals surface area contributed by atoms with E-state index in [0.717, 1.165) is 6.42 Å². The maximum absolute atomic E-state index is 12.4. The van der Waals surface area contributed by atoms with E-state index in [1.165, 1.54) is 0 Å². The number of hydrogen-bond donors (Lipinski definition) is 3. The molecule has 7 nitrogen and oxygen atoms in total. The van der Waals surface area contributed by atoms with Gasteiger partial charge in [0.1, 0.15) is 12.4 Å². The minimum absolute atomic E-state index is 0.142. The van der Waals surface area contributed by atoms with Crippen molar-refractivity contribution in [3.63, 3.8) is 0 Å². The van der Waals surface area contributed by atoms with Crippen LogP contribution in [0.5, 0.6) is 5.75 Å². The number of carbonyl (C=O) groups excluding carboxylic acids is 2. The molecule has 0 heterocycles. The molecule has 0 atom stereocenters. The van der Waals surface area contributed by atoms with Gasteiger partial charge in [0.25, 0.3) is 11.8 Å². The van der Waals surface area contributed by atoms with Crippen LogP contribution in [0.1, 0.15) is 41.0 Å². The lowest BCUT2D eigenvalue weighted by Gasteiger charge is -2.11. The molecule has 30 heavy (non-hydrogen) atoms. The first kappa shape index (κ1) is 23.3. The molecule has 2 aromatic carbocycles. The van der Waals surface area contributed by atoms with E-state index in [2.05, 4.69) is 16.0 Å². The van der Waals surface area contributed by atoms with Gasteiger partial charge in [-0.25, -0.2) is 0 Å². The Kier molecular flexibility index (Phi) is 9.76. The molecular weight excluding hydrogens is 402 g/mol. The van der Waals surface area contributed by atoms with Crippen molar-refractivity contribution in [1.82, 2.24) is 10.6 Å². The van der Waals surface area contributed by atoms with Crippen LogP contribution in [0.15, 0.2) is 48.5 Å². The van der Waals surface area contributed by atoms with Crippen LogP contribution in [0.4, 0.5) is 5.69 Å². The highest BCUT2D eigenvalue weighted by Gasteiger charge is 2.10. The number of amides is 2. The zero-order chi connectivity index (χ0) is 21.8. The lowest BCUT2D eigenvalue weighted by molar-refractivity contribution is 0.0951. The summed E-state index contributed by atoms with van der Waals surface area (Å²) in [6, 6.07) is 13.7. The van der Waals surface area contributed by atoms with E-state index in [-0.39, 0.29) is 16.9 Å². The molecule has 0 aliphatic heterocycles. The second kappa shape index (κ2) is 12.6. The third-order valence-electron chi connectivity index (χ3n) is 3.96. The fourth-order valence-electron chi connectivity index (χ4n) is 2.48. The van der Waals surface area contributed by atoms with Gasteiger partial charge in [-0.05, 0) is 68.0 Å². The lowest BCUT2D eigenvalue weighted by atomic mass is 10.2. The molecule has 0 unspecified atom stereocenters. The van der Waals surface area contributed by atoms with Crippen molar-refractivity contribution in [3.05, 3.63) is 59.7 Å². The van der Waals surface area contributed by atoms with Crippen LogP contribution in [-0.4, -0.2) is 43.3 Å². The molecule has 8 heteroatoms. The second-order valence-electron chi connectivity index (χ2n) is 6.31. The number of hydrogen-bond acceptors (Lipinski definition) is 5. The van der Waals surface area contributed by atoms with Crippen molar-refractivity contribution in [2.45, 2.75) is 20.3 Å². The molecule has 0 saturated carbocycles. The maximum atomic E-state index is 12.4. The van der Waals surface area contributed by atoms with Crippen molar-refractivity contribution < 1.29 is 19.1 Å². The highest BCUT2D eigenvalue weighted by Crippen LogP contribution is 2.13. The SMILES string of the molecule is CCCNC(=O)c1cccc(NC(=S)NC(=O)c2ccc(OCCOCC)cc2)c1. The molecule has 0 fully saturated rings. The number of ether oxygens (including phenoxy) is 2. The second-order valence-corrected chi connectivity index (χ2v) is 6.72. The van der Waals surface area contributed by atoms with Crippen molar-refractivity contribution in [2.75, 3.05) is 31.7 Å². The molecule has 160 valence electrons. The van der Waals surface area contributed by atoms with Crippen LogP contribution >= 0.6 is 12.2 Å². The van der Waals surface area contributed by atoms with Gasteiger partial charge < -0.3 is 20.1 Å². The van der Waals surface area contributed by atoms with E-state index in [1.807, 2.05) is 13.8 Å². The number of anilines is 1. The highest BCUT2D eigenvalue weighted by atomic mass is 32.1. The van der Waals surface area contributed by atoms with Crippen molar-refractivity contribution >= 4 is 34.8 Å². The van der Waals surface area contributed by atoms with E-state index in [1.54, 1.807) is 48.5 Å². The monoisotopic (exact) mass is 429 g/mol. The number of rotatable bonds is 10. The quantitative estimate of drug-likeness (QED) is 0.396. The third-order valence-corrected chi connectivity index (χ3v) is 4.17. The molecule has 3 N–H and O–H groups in total. The Balaban J connectivity index is 1.87. The minimum Gasteiger partial charge on any atom is -0.491 e. The smallest absolute Gasteiger partial charge is 0.257 e. The van der Waals surface area contributed by atoms with Gasteiger partial charge in [-0.1, -0.05) is 13.0 Å². The Hall–Kier alpha value is -2.97. The summed E-state index contributed by atoms with van der Waals surface area (Å²) < 4.78 is 10.7. The van der Waals surface area contributed by atoms with Crippen molar-refractivity contribution in [1.29, 1.82) is 0 Å². The molecule has 0 radical (unpaired) electrons. The molecule has 0 saturated heterocycles. The van der Waals surface area contributed by atoms with Gasteiger partial charge in [0.05, 0.1) is 6.61 Å². The summed E-state index contributed by atoms with van der Waals surface area (Å²) in [5.41, 5.74) is 1.58. The molecule has 0 aliphatic rings. The minimum atomic E-state index is -0.342. The molecule has 0 aliphatic carbocycles. The average molecular weight is 430 g/mol. The van der Waals surface area contributed by atoms with Crippen LogP contribution < -0.4 is 20.7 Å². The van der Waals surface area contributed by atoms with E-state index >= 15 is 0 Å². The van der Waals surface area contributed by atoms with Crippen LogP contribution in [-0.2, 0) is 4.74 Å². The van der Waals surface area contributed by atoms with Crippen LogP contribution in [0.25, 0.3) is 0 Å². The Morgan fingerprint density at radius 2 is 1.73 bits per heavy atom. The van der Waals surface area contributed by atoms with Crippen LogP contribution in [0.2, 0.25) is 0 Å². The topological polar surface area (TPSA) is 88.7 Å². The van der Waals surface area contributed by atoms with E-state index < -0.39 is 0 Å². The zero-order valence-corrected chi connectivity index (χ0v) is 18.0. The fraction of sp³-hybridized carbons (Fsp3) is 0.318. The van der Waals surface area contributed by atoms with Gasteiger partial charge in [-0.2, -0.15) is 0 Å². The predicted octanol–water partition coefficient (Wildman–Crippen LogP) is 3.37. The normalized spacial score (nSPS) is 10.2. The highest BCUT2D eigenvalue weighted by molar-refractivity contribution is 7.80. The van der Waals surface area contributed by atoms with E-state index in [4.69, 9.17) is 21.7 Å². The Labute approximate surface area is 182 Å². The van der Waals surface area contributed by atoms with Crippen molar-refractivity contribution in [3.8, 4) is 5.75 Å². The summed E-state index contributed by atoms with van der Waals surface area (Å²) in [7, 11) is 0. The summed E-state index contributed by atoms with van der Waals surface area (Å²) >= 11 is 5.22. The summed E-state index contributed by atoms with van der Waals surface area (Å²) in [4.78, 5) is 24.5. The maximum Gasteiger partial charge on any atom is 0.257 e. The standard InChI is InChI=1S/C22H27N3O4S/c1-3-12-23-20(26)17-6-5-7-18(15-17)24-22(30)25-21(27)16-8-10-19(11-9-16)29-14-13-28-4-2/h5-11,15H,3-4,12-14H2,1-2H3,(H,23,26)(H2,24,25,27,30). The molecule has 2 aromatic rings. The zero-order valence-electron chi connectivity index (χ0n) is 17.2. The predicted molar refractivity (Wildman–Crippen MR) is 121 cm³/mol. The van der Waals surface area contributed by atoms with Gasteiger partial charge in [-0.3, -0.25) is 14.9 Å². The first-order chi connectivity index (χ1) is 14.5. The van der Waals surface area contributed by atoms with Crippen LogP contribution in [0, 0.1) is 0 Å². The molecule has 0 aromatic heterocycles. The number of benzene rings is 2. The molecule has 2 rings (SSSR count). The first-order valence-corrected chi connectivity index (χ1v) is 10.3. The number of carbonyl (C=O) groups is 2. The van der Waals surface area contributed by atoms with Gasteiger partial charge in [0, 0.05) is 30.0 Å². The Bertz CT molecular complexity index is 856. The fourth-order valence-corrected chi connectivity index (χ4v) is 2.69. The van der Waals surface area contributed by atoms with Crippen LogP contribution in [0.3, 0.4) is 0 Å². The summed E-state index contributed by atoms with van der Waals surface area (Å²) in [5, 5.41) is 8.51. The van der Waals surface area contributed by atoms with Gasteiger partial charge in [-0.15, -0.1) is 0 Å². The van der Waals surface area contributed by atoms with Gasteiger partial charge in [0.2, 0.25) is 0 Å². The third kappa shape index (κ3) is 7.81. The summed E-state index contributed by atoms with van der Waals surface area (Å²) in [6.45, 7) is 6.13. The first-order valence-electron chi connectivity index (χ1n) is 9.84. The van der Waals surface area contributed by atoms with Gasteiger partial charge >= 0.3 is 0 Å². The summed E-state index contributed by atoms with van der Waals surface area (Å²) in [5.74, 6) is 0.161. The molecule has 0 spiro atoms. The lowest BCUT2D eigenvalue weighted by Crippen LogP contribution is -2.34. The van der Waals surface area contributed by atoms with E-state index in [9.17, 15) is 9.59 Å². The van der Waals surface area contributed by atoms with Gasteiger partial charge in [0.15, 0.2) is 5.11 Å². The average Bonchev–Trinajstić information content (AvgIpc) is 2.75. The van der Waals surface area contributed by atoms with Crippen molar-refractivity contribution in [2.24, 2.45) is 0 Å². The molecule has 0 bridgehead atoms. The largest absolute Gasteiger partial charge is 0.491 e. The summed E-state index contributed by atoms with van der Waals surface area (Å²) in [6.07, 6.45) is 0.861. The number of thiocarbonyl (C=S) groups is 1. The Morgan fingerprint density at radius 3 is 2.43 bits per heavy atom. The molecule has 2 amide bonds. The Morgan fingerprint density at radius 1 is 0.967 bits per heavy atom. The number of nitrogens with one attached hydrogen (secondary N) is 3. The van der Waals surface area contributed by atoms with E-state index in [0.29, 0.717) is 48.9 Å².